The molecule has 2 nitrogen and oxygen atoms in total. The lowest BCUT2D eigenvalue weighted by atomic mass is 10.1. The second-order valence-electron chi connectivity index (χ2n) is 4.16. The number of hydrogen-bond donors (Lipinski definition) is 1. The fourth-order valence-electron chi connectivity index (χ4n) is 1.42. The van der Waals surface area contributed by atoms with Crippen molar-refractivity contribution in [1.82, 2.24) is 0 Å². The Morgan fingerprint density at radius 3 is 2.81 bits per heavy atom. The molecule has 2 N–H and O–H groups in total. The Balaban J connectivity index is 2.89. The van der Waals surface area contributed by atoms with Gasteiger partial charge < -0.3 is 10.5 Å². The van der Waals surface area contributed by atoms with Crippen LogP contribution < -0.4 is 10.5 Å². The summed E-state index contributed by atoms with van der Waals surface area (Å²) in [4.78, 5) is 0. The number of para-hydroxylation sites is 1. The van der Waals surface area contributed by atoms with E-state index in [2.05, 4.69) is 6.58 Å². The van der Waals surface area contributed by atoms with E-state index in [1.807, 2.05) is 19.9 Å². The highest BCUT2D eigenvalue weighted by Gasteiger charge is 2.11. The van der Waals surface area contributed by atoms with Gasteiger partial charge in [-0.3, -0.25) is 0 Å². The standard InChI is InChI=1S/C13H18FNO/c1-9(2)8-16-13-11(7-10(3)15)5-4-6-12(13)14/h4-6,10H,1,7-8,15H2,2-3H3. The second kappa shape index (κ2) is 5.66. The van der Waals surface area contributed by atoms with Crippen molar-refractivity contribution in [2.75, 3.05) is 6.61 Å². The molecule has 1 atom stereocenters. The summed E-state index contributed by atoms with van der Waals surface area (Å²) in [5, 5.41) is 0. The predicted octanol–water partition coefficient (Wildman–Crippen LogP) is 2.67. The van der Waals surface area contributed by atoms with Crippen molar-refractivity contribution in [3.05, 3.63) is 41.7 Å². The molecule has 0 amide bonds. The summed E-state index contributed by atoms with van der Waals surface area (Å²) in [5.74, 6) is -0.0535. The van der Waals surface area contributed by atoms with Crippen LogP contribution >= 0.6 is 0 Å². The van der Waals surface area contributed by atoms with E-state index in [-0.39, 0.29) is 11.9 Å². The van der Waals surface area contributed by atoms with E-state index >= 15 is 0 Å². The van der Waals surface area contributed by atoms with Gasteiger partial charge in [-0.15, -0.1) is 0 Å². The van der Waals surface area contributed by atoms with Crippen LogP contribution in [-0.2, 0) is 6.42 Å². The van der Waals surface area contributed by atoms with Crippen LogP contribution in [0.15, 0.2) is 30.4 Å². The highest BCUT2D eigenvalue weighted by Crippen LogP contribution is 2.24. The first-order valence-electron chi connectivity index (χ1n) is 5.31. The topological polar surface area (TPSA) is 35.2 Å². The highest BCUT2D eigenvalue weighted by atomic mass is 19.1. The summed E-state index contributed by atoms with van der Waals surface area (Å²) in [6.07, 6.45) is 0.600. The molecule has 0 heterocycles. The molecular weight excluding hydrogens is 205 g/mol. The van der Waals surface area contributed by atoms with Crippen LogP contribution in [-0.4, -0.2) is 12.6 Å². The molecule has 0 radical (unpaired) electrons. The molecule has 1 unspecified atom stereocenters. The van der Waals surface area contributed by atoms with E-state index < -0.39 is 0 Å². The fourth-order valence-corrected chi connectivity index (χ4v) is 1.42. The SMILES string of the molecule is C=C(C)COc1c(F)cccc1CC(C)N. The third-order valence-electron chi connectivity index (χ3n) is 2.05. The third kappa shape index (κ3) is 3.66. The first kappa shape index (κ1) is 12.7. The normalized spacial score (nSPS) is 12.2. The maximum Gasteiger partial charge on any atom is 0.165 e. The molecule has 0 saturated carbocycles. The lowest BCUT2D eigenvalue weighted by Crippen LogP contribution is -2.18. The van der Waals surface area contributed by atoms with Gasteiger partial charge in [-0.25, -0.2) is 4.39 Å². The van der Waals surface area contributed by atoms with Crippen molar-refractivity contribution in [2.45, 2.75) is 26.3 Å². The molecule has 0 saturated heterocycles. The molecule has 0 aliphatic carbocycles. The molecule has 0 fully saturated rings. The Morgan fingerprint density at radius 2 is 2.25 bits per heavy atom. The van der Waals surface area contributed by atoms with E-state index in [0.29, 0.717) is 18.8 Å². The minimum Gasteiger partial charge on any atom is -0.486 e. The molecule has 1 aromatic carbocycles. The summed E-state index contributed by atoms with van der Waals surface area (Å²) >= 11 is 0. The molecule has 88 valence electrons. The van der Waals surface area contributed by atoms with Crippen LogP contribution in [0.1, 0.15) is 19.4 Å². The fraction of sp³-hybridized carbons (Fsp3) is 0.385. The van der Waals surface area contributed by atoms with Gasteiger partial charge in [0.05, 0.1) is 0 Å². The Bertz CT molecular complexity index is 374. The Labute approximate surface area is 95.9 Å². The van der Waals surface area contributed by atoms with Crippen molar-refractivity contribution in [2.24, 2.45) is 5.73 Å². The Kier molecular flexibility index (Phi) is 4.50. The van der Waals surface area contributed by atoms with Gasteiger partial charge in [-0.1, -0.05) is 18.7 Å². The van der Waals surface area contributed by atoms with E-state index in [9.17, 15) is 4.39 Å². The largest absolute Gasteiger partial charge is 0.486 e. The van der Waals surface area contributed by atoms with E-state index in [4.69, 9.17) is 10.5 Å². The van der Waals surface area contributed by atoms with Crippen molar-refractivity contribution >= 4 is 0 Å². The van der Waals surface area contributed by atoms with Gasteiger partial charge >= 0.3 is 0 Å². The second-order valence-corrected chi connectivity index (χ2v) is 4.16. The van der Waals surface area contributed by atoms with Crippen LogP contribution in [0, 0.1) is 5.82 Å². The van der Waals surface area contributed by atoms with E-state index in [0.717, 1.165) is 11.1 Å². The lowest BCUT2D eigenvalue weighted by molar-refractivity contribution is 0.328. The summed E-state index contributed by atoms with van der Waals surface area (Å²) in [6.45, 7) is 7.77. The minimum atomic E-state index is -0.348. The molecule has 0 aliphatic rings. The maximum absolute atomic E-state index is 13.6. The molecule has 0 aliphatic heterocycles. The average molecular weight is 223 g/mol. The third-order valence-corrected chi connectivity index (χ3v) is 2.05. The summed E-state index contributed by atoms with van der Waals surface area (Å²) in [6, 6.07) is 4.87. The highest BCUT2D eigenvalue weighted by molar-refractivity contribution is 5.35. The van der Waals surface area contributed by atoms with Crippen molar-refractivity contribution < 1.29 is 9.13 Å². The maximum atomic E-state index is 13.6. The summed E-state index contributed by atoms with van der Waals surface area (Å²) in [5.41, 5.74) is 7.36. The van der Waals surface area contributed by atoms with Gasteiger partial charge in [0.1, 0.15) is 6.61 Å². The van der Waals surface area contributed by atoms with E-state index in [1.54, 1.807) is 6.07 Å². The van der Waals surface area contributed by atoms with Crippen molar-refractivity contribution in [3.8, 4) is 5.75 Å². The number of ether oxygens (including phenoxy) is 1. The van der Waals surface area contributed by atoms with Gasteiger partial charge in [-0.05, 0) is 37.5 Å². The number of rotatable bonds is 5. The van der Waals surface area contributed by atoms with Crippen molar-refractivity contribution in [1.29, 1.82) is 0 Å². The minimum absolute atomic E-state index is 0.0195. The summed E-state index contributed by atoms with van der Waals surface area (Å²) in [7, 11) is 0. The Hall–Kier alpha value is -1.35. The van der Waals surface area contributed by atoms with Crippen molar-refractivity contribution in [3.63, 3.8) is 0 Å². The molecule has 0 bridgehead atoms. The van der Waals surface area contributed by atoms with Gasteiger partial charge in [0, 0.05) is 6.04 Å². The zero-order valence-corrected chi connectivity index (χ0v) is 9.79. The van der Waals surface area contributed by atoms with Crippen LogP contribution in [0.2, 0.25) is 0 Å². The molecule has 0 aromatic heterocycles. The Morgan fingerprint density at radius 1 is 1.56 bits per heavy atom. The van der Waals surface area contributed by atoms with Crippen LogP contribution in [0.5, 0.6) is 5.75 Å². The quantitative estimate of drug-likeness (QED) is 0.779. The molecule has 16 heavy (non-hydrogen) atoms. The van der Waals surface area contributed by atoms with Crippen LogP contribution in [0.4, 0.5) is 4.39 Å². The van der Waals surface area contributed by atoms with Gasteiger partial charge in [0.2, 0.25) is 0 Å². The molecular formula is C13H18FNO. The number of benzene rings is 1. The predicted molar refractivity (Wildman–Crippen MR) is 64.1 cm³/mol. The average Bonchev–Trinajstić information content (AvgIpc) is 2.15. The van der Waals surface area contributed by atoms with Gasteiger partial charge in [0.15, 0.2) is 11.6 Å². The smallest absolute Gasteiger partial charge is 0.165 e. The zero-order chi connectivity index (χ0) is 12.1. The van der Waals surface area contributed by atoms with Crippen LogP contribution in [0.25, 0.3) is 0 Å². The first-order chi connectivity index (χ1) is 7.50. The van der Waals surface area contributed by atoms with Crippen LogP contribution in [0.3, 0.4) is 0 Å². The molecule has 1 rings (SSSR count). The molecule has 1 aromatic rings. The molecule has 0 spiro atoms. The molecule has 3 heteroatoms. The summed E-state index contributed by atoms with van der Waals surface area (Å²) < 4.78 is 19.0. The lowest BCUT2D eigenvalue weighted by Gasteiger charge is -2.13. The zero-order valence-electron chi connectivity index (χ0n) is 9.79. The monoisotopic (exact) mass is 223 g/mol. The van der Waals surface area contributed by atoms with E-state index in [1.165, 1.54) is 6.07 Å². The van der Waals surface area contributed by atoms with Gasteiger partial charge in [0.25, 0.3) is 0 Å². The number of nitrogens with two attached hydrogens (primary N) is 1. The number of hydrogen-bond acceptors (Lipinski definition) is 2. The first-order valence-corrected chi connectivity index (χ1v) is 5.31. The van der Waals surface area contributed by atoms with Gasteiger partial charge in [-0.2, -0.15) is 0 Å². The number of halogens is 1.